The fraction of sp³-hybridized carbons (Fsp3) is 0.409. The number of hydrogen-bond acceptors (Lipinski definition) is 2. The highest BCUT2D eigenvalue weighted by molar-refractivity contribution is 5.92. The van der Waals surface area contributed by atoms with Crippen LogP contribution in [-0.4, -0.2) is 5.91 Å². The maximum atomic E-state index is 12.3. The van der Waals surface area contributed by atoms with E-state index in [0.717, 1.165) is 23.2 Å². The van der Waals surface area contributed by atoms with Crippen LogP contribution >= 0.6 is 0 Å². The van der Waals surface area contributed by atoms with Gasteiger partial charge in [-0.15, -0.1) is 0 Å². The van der Waals surface area contributed by atoms with Crippen LogP contribution < -0.4 is 10.6 Å². The zero-order valence-electron chi connectivity index (χ0n) is 15.9. The molecule has 0 spiro atoms. The zero-order valence-corrected chi connectivity index (χ0v) is 15.9. The fourth-order valence-electron chi connectivity index (χ4n) is 3.56. The minimum atomic E-state index is -0.00855. The standard InChI is InChI=1S/C22H28N2O/c1-14-10-17(19-12-16-8-6-7-9-18(16)23-19)11-15(2)21(14)24-20(25)13-22(3,4)5/h6-11,19,23H,12-13H2,1-5H3,(H,24,25). The third-order valence-corrected chi connectivity index (χ3v) is 4.68. The molecule has 0 radical (unpaired) electrons. The fourth-order valence-corrected chi connectivity index (χ4v) is 3.56. The summed E-state index contributed by atoms with van der Waals surface area (Å²) in [6, 6.07) is 13.2. The largest absolute Gasteiger partial charge is 0.378 e. The second-order valence-electron chi connectivity index (χ2n) is 8.37. The highest BCUT2D eigenvalue weighted by Crippen LogP contribution is 2.36. The lowest BCUT2D eigenvalue weighted by Gasteiger charge is -2.20. The van der Waals surface area contributed by atoms with Crippen LogP contribution in [0.15, 0.2) is 36.4 Å². The number of aryl methyl sites for hydroxylation is 2. The lowest BCUT2D eigenvalue weighted by atomic mass is 9.91. The summed E-state index contributed by atoms with van der Waals surface area (Å²) in [4.78, 5) is 12.3. The first-order valence-electron chi connectivity index (χ1n) is 8.98. The SMILES string of the molecule is Cc1cc(C2Cc3ccccc3N2)cc(C)c1NC(=O)CC(C)(C)C. The Labute approximate surface area is 150 Å². The van der Waals surface area contributed by atoms with E-state index in [1.165, 1.54) is 16.8 Å². The minimum absolute atomic E-state index is 0.00855. The van der Waals surface area contributed by atoms with Crippen LogP contribution in [-0.2, 0) is 11.2 Å². The van der Waals surface area contributed by atoms with Gasteiger partial charge < -0.3 is 10.6 Å². The lowest BCUT2D eigenvalue weighted by molar-refractivity contribution is -0.117. The molecule has 3 nitrogen and oxygen atoms in total. The highest BCUT2D eigenvalue weighted by Gasteiger charge is 2.23. The van der Waals surface area contributed by atoms with Crippen LogP contribution in [0.1, 0.15) is 55.5 Å². The number of rotatable bonds is 3. The number of para-hydroxylation sites is 1. The van der Waals surface area contributed by atoms with E-state index in [1.54, 1.807) is 0 Å². The molecule has 0 aliphatic carbocycles. The number of amides is 1. The van der Waals surface area contributed by atoms with E-state index in [4.69, 9.17) is 0 Å². The monoisotopic (exact) mass is 336 g/mol. The van der Waals surface area contributed by atoms with Crippen LogP contribution in [0.2, 0.25) is 0 Å². The third kappa shape index (κ3) is 4.04. The molecule has 25 heavy (non-hydrogen) atoms. The first kappa shape index (κ1) is 17.5. The van der Waals surface area contributed by atoms with Crippen molar-refractivity contribution in [1.82, 2.24) is 0 Å². The van der Waals surface area contributed by atoms with Gasteiger partial charge in [0.25, 0.3) is 0 Å². The van der Waals surface area contributed by atoms with Gasteiger partial charge in [-0.3, -0.25) is 4.79 Å². The van der Waals surface area contributed by atoms with Gasteiger partial charge in [-0.05, 0) is 54.0 Å². The molecular weight excluding hydrogens is 308 g/mol. The first-order valence-corrected chi connectivity index (χ1v) is 8.98. The van der Waals surface area contributed by atoms with E-state index in [0.29, 0.717) is 12.5 Å². The van der Waals surface area contributed by atoms with Crippen molar-refractivity contribution in [3.05, 3.63) is 58.7 Å². The van der Waals surface area contributed by atoms with Crippen LogP contribution in [0.4, 0.5) is 11.4 Å². The molecule has 0 saturated carbocycles. The number of anilines is 2. The number of hydrogen-bond donors (Lipinski definition) is 2. The van der Waals surface area contributed by atoms with Crippen molar-refractivity contribution in [3.63, 3.8) is 0 Å². The summed E-state index contributed by atoms with van der Waals surface area (Å²) in [6.45, 7) is 10.4. The molecule has 1 aliphatic heterocycles. The Kier molecular flexibility index (Phi) is 4.59. The minimum Gasteiger partial charge on any atom is -0.378 e. The van der Waals surface area contributed by atoms with Gasteiger partial charge in [-0.2, -0.15) is 0 Å². The summed E-state index contributed by atoms with van der Waals surface area (Å²) >= 11 is 0. The Morgan fingerprint density at radius 2 is 1.80 bits per heavy atom. The number of carbonyl (C=O) groups is 1. The Balaban J connectivity index is 1.78. The molecule has 2 N–H and O–H groups in total. The molecule has 2 aromatic carbocycles. The van der Waals surface area contributed by atoms with E-state index >= 15 is 0 Å². The number of carbonyl (C=O) groups excluding carboxylic acids is 1. The Hall–Kier alpha value is -2.29. The maximum Gasteiger partial charge on any atom is 0.224 e. The molecule has 0 bridgehead atoms. The van der Waals surface area contributed by atoms with E-state index < -0.39 is 0 Å². The van der Waals surface area contributed by atoms with Gasteiger partial charge in [0.15, 0.2) is 0 Å². The summed E-state index contributed by atoms with van der Waals surface area (Å²) in [5.41, 5.74) is 7.06. The van der Waals surface area contributed by atoms with Gasteiger partial charge in [-0.1, -0.05) is 51.1 Å². The van der Waals surface area contributed by atoms with Gasteiger partial charge in [0.1, 0.15) is 0 Å². The van der Waals surface area contributed by atoms with Crippen molar-refractivity contribution in [2.24, 2.45) is 5.41 Å². The molecular formula is C22H28N2O. The van der Waals surface area contributed by atoms with E-state index in [9.17, 15) is 4.79 Å². The summed E-state index contributed by atoms with van der Waals surface area (Å²) in [6.07, 6.45) is 1.53. The van der Waals surface area contributed by atoms with Crippen molar-refractivity contribution < 1.29 is 4.79 Å². The average molecular weight is 336 g/mol. The lowest BCUT2D eigenvalue weighted by Crippen LogP contribution is -2.20. The van der Waals surface area contributed by atoms with Crippen molar-refractivity contribution in [2.45, 2.75) is 53.5 Å². The third-order valence-electron chi connectivity index (χ3n) is 4.68. The van der Waals surface area contributed by atoms with Crippen LogP contribution in [0, 0.1) is 19.3 Å². The highest BCUT2D eigenvalue weighted by atomic mass is 16.1. The molecule has 1 amide bonds. The predicted molar refractivity (Wildman–Crippen MR) is 105 cm³/mol. The Morgan fingerprint density at radius 1 is 1.16 bits per heavy atom. The summed E-state index contributed by atoms with van der Waals surface area (Å²) in [5, 5.41) is 6.72. The molecule has 3 heteroatoms. The van der Waals surface area contributed by atoms with Crippen molar-refractivity contribution >= 4 is 17.3 Å². The molecule has 1 heterocycles. The first-order chi connectivity index (χ1) is 11.7. The molecule has 2 aromatic rings. The Morgan fingerprint density at radius 3 is 2.40 bits per heavy atom. The molecule has 0 fully saturated rings. The van der Waals surface area contributed by atoms with Crippen molar-refractivity contribution in [2.75, 3.05) is 10.6 Å². The van der Waals surface area contributed by atoms with Gasteiger partial charge in [0, 0.05) is 17.8 Å². The Bertz CT molecular complexity index is 754. The maximum absolute atomic E-state index is 12.3. The van der Waals surface area contributed by atoms with E-state index in [2.05, 4.69) is 81.7 Å². The number of nitrogens with one attached hydrogen (secondary N) is 2. The normalized spacial score (nSPS) is 16.3. The average Bonchev–Trinajstić information content (AvgIpc) is 2.93. The number of benzene rings is 2. The molecule has 0 saturated heterocycles. The summed E-state index contributed by atoms with van der Waals surface area (Å²) in [7, 11) is 0. The molecule has 1 atom stereocenters. The smallest absolute Gasteiger partial charge is 0.224 e. The second kappa shape index (κ2) is 6.55. The van der Waals surface area contributed by atoms with Crippen LogP contribution in [0.3, 0.4) is 0 Å². The molecule has 132 valence electrons. The molecule has 1 unspecified atom stereocenters. The summed E-state index contributed by atoms with van der Waals surface area (Å²) in [5.74, 6) is 0.0813. The molecule has 1 aliphatic rings. The van der Waals surface area contributed by atoms with Crippen molar-refractivity contribution in [1.29, 1.82) is 0 Å². The predicted octanol–water partition coefficient (Wildman–Crippen LogP) is 5.39. The van der Waals surface area contributed by atoms with Gasteiger partial charge >= 0.3 is 0 Å². The zero-order chi connectivity index (χ0) is 18.2. The second-order valence-corrected chi connectivity index (χ2v) is 8.37. The number of fused-ring (bicyclic) bond motifs is 1. The van der Waals surface area contributed by atoms with Crippen molar-refractivity contribution in [3.8, 4) is 0 Å². The van der Waals surface area contributed by atoms with E-state index in [1.807, 2.05) is 0 Å². The topological polar surface area (TPSA) is 41.1 Å². The van der Waals surface area contributed by atoms with Crippen LogP contribution in [0.5, 0.6) is 0 Å². The van der Waals surface area contributed by atoms with Crippen LogP contribution in [0.25, 0.3) is 0 Å². The molecule has 3 rings (SSSR count). The van der Waals surface area contributed by atoms with Gasteiger partial charge in [0.05, 0.1) is 6.04 Å². The quantitative estimate of drug-likeness (QED) is 0.789. The summed E-state index contributed by atoms with van der Waals surface area (Å²) < 4.78 is 0. The van der Waals surface area contributed by atoms with Gasteiger partial charge in [0.2, 0.25) is 5.91 Å². The van der Waals surface area contributed by atoms with Gasteiger partial charge in [-0.25, -0.2) is 0 Å². The van der Waals surface area contributed by atoms with E-state index in [-0.39, 0.29) is 11.3 Å². The molecule has 0 aromatic heterocycles.